The van der Waals surface area contributed by atoms with Crippen molar-refractivity contribution in [1.29, 1.82) is 0 Å². The molecule has 0 amide bonds. The summed E-state index contributed by atoms with van der Waals surface area (Å²) in [6.07, 6.45) is 0. The van der Waals surface area contributed by atoms with Crippen molar-refractivity contribution >= 4 is 67.3 Å². The average Bonchev–Trinajstić information content (AvgIpc) is 3.04. The fourth-order valence-electron chi connectivity index (χ4n) is 3.37. The van der Waals surface area contributed by atoms with E-state index in [0.29, 0.717) is 20.8 Å². The zero-order chi connectivity index (χ0) is 19.2. The third kappa shape index (κ3) is 4.10. The van der Waals surface area contributed by atoms with Gasteiger partial charge in [-0.3, -0.25) is 4.99 Å². The molecule has 0 aromatic heterocycles. The topological polar surface area (TPSA) is 49.7 Å². The maximum atomic E-state index is 12.1. The van der Waals surface area contributed by atoms with Crippen LogP contribution in [-0.2, 0) is 15.6 Å². The van der Waals surface area contributed by atoms with E-state index in [1.165, 1.54) is 11.8 Å². The van der Waals surface area contributed by atoms with Crippen molar-refractivity contribution in [3.63, 3.8) is 0 Å². The molecule has 1 saturated heterocycles. The van der Waals surface area contributed by atoms with Crippen molar-refractivity contribution in [1.82, 2.24) is 0 Å². The van der Waals surface area contributed by atoms with Crippen molar-refractivity contribution in [2.75, 3.05) is 16.4 Å². The summed E-state index contributed by atoms with van der Waals surface area (Å²) in [6.45, 7) is 0. The first kappa shape index (κ1) is 19.4. The van der Waals surface area contributed by atoms with Crippen LogP contribution in [0.4, 0.5) is 5.69 Å². The number of hydrogen-bond donors (Lipinski definition) is 0. The predicted octanol–water partition coefficient (Wildman–Crippen LogP) is 4.92. The Hall–Kier alpha value is -0.920. The SMILES string of the molecule is O=S1(=O)C[C@@H]2N=C(SCc3ccccc3Cl)N(c3cc(Cl)cc(Cl)c3)[C@H]2C1. The van der Waals surface area contributed by atoms with Gasteiger partial charge < -0.3 is 4.90 Å². The molecule has 142 valence electrons. The van der Waals surface area contributed by atoms with E-state index in [4.69, 9.17) is 39.8 Å². The van der Waals surface area contributed by atoms with Gasteiger partial charge in [-0.1, -0.05) is 64.8 Å². The minimum Gasteiger partial charge on any atom is -0.315 e. The number of benzene rings is 2. The summed E-state index contributed by atoms with van der Waals surface area (Å²) in [5, 5.41) is 2.45. The summed E-state index contributed by atoms with van der Waals surface area (Å²) in [4.78, 5) is 6.66. The Labute approximate surface area is 177 Å². The van der Waals surface area contributed by atoms with Crippen LogP contribution < -0.4 is 4.90 Å². The van der Waals surface area contributed by atoms with Gasteiger partial charge in [0.2, 0.25) is 0 Å². The molecule has 2 aromatic rings. The van der Waals surface area contributed by atoms with Gasteiger partial charge in [0.25, 0.3) is 0 Å². The highest BCUT2D eigenvalue weighted by molar-refractivity contribution is 8.13. The van der Waals surface area contributed by atoms with Crippen LogP contribution in [0.5, 0.6) is 0 Å². The van der Waals surface area contributed by atoms with Gasteiger partial charge in [-0.15, -0.1) is 0 Å². The normalized spacial score (nSPS) is 23.4. The number of thioether (sulfide) groups is 1. The summed E-state index contributed by atoms with van der Waals surface area (Å²) in [6, 6.07) is 12.4. The number of anilines is 1. The third-order valence-corrected chi connectivity index (χ3v) is 8.07. The molecule has 2 aliphatic rings. The average molecular weight is 462 g/mol. The summed E-state index contributed by atoms with van der Waals surface area (Å²) < 4.78 is 24.2. The Kier molecular flexibility index (Phi) is 5.38. The maximum Gasteiger partial charge on any atom is 0.164 e. The molecule has 27 heavy (non-hydrogen) atoms. The molecule has 1 fully saturated rings. The van der Waals surface area contributed by atoms with E-state index in [2.05, 4.69) is 0 Å². The van der Waals surface area contributed by atoms with Crippen LogP contribution >= 0.6 is 46.6 Å². The summed E-state index contributed by atoms with van der Waals surface area (Å²) in [5.41, 5.74) is 1.75. The first-order valence-electron chi connectivity index (χ1n) is 8.22. The van der Waals surface area contributed by atoms with Gasteiger partial charge in [0.05, 0.1) is 23.6 Å². The lowest BCUT2D eigenvalue weighted by Gasteiger charge is -2.27. The standard InChI is InChI=1S/C18H15Cl3N2O2S2/c19-12-5-13(20)7-14(6-12)23-17-10-27(24,25)9-16(17)22-18(23)26-8-11-3-1-2-4-15(11)21/h1-7,16-17H,8-10H2/t16-,17-/m0/s1. The molecule has 0 spiro atoms. The van der Waals surface area contributed by atoms with Crippen molar-refractivity contribution in [2.24, 2.45) is 4.99 Å². The fraction of sp³-hybridized carbons (Fsp3) is 0.278. The number of sulfone groups is 1. The Balaban J connectivity index is 1.66. The largest absolute Gasteiger partial charge is 0.315 e. The summed E-state index contributed by atoms with van der Waals surface area (Å²) >= 11 is 20.1. The van der Waals surface area contributed by atoms with Gasteiger partial charge in [0.15, 0.2) is 15.0 Å². The zero-order valence-electron chi connectivity index (χ0n) is 14.0. The Morgan fingerprint density at radius 3 is 2.48 bits per heavy atom. The number of rotatable bonds is 3. The van der Waals surface area contributed by atoms with Crippen molar-refractivity contribution < 1.29 is 8.42 Å². The van der Waals surface area contributed by atoms with Crippen LogP contribution in [0, 0.1) is 0 Å². The maximum absolute atomic E-state index is 12.1. The summed E-state index contributed by atoms with van der Waals surface area (Å²) in [7, 11) is -3.11. The third-order valence-electron chi connectivity index (χ3n) is 4.55. The van der Waals surface area contributed by atoms with Crippen LogP contribution in [0.1, 0.15) is 5.56 Å². The van der Waals surface area contributed by atoms with E-state index >= 15 is 0 Å². The van der Waals surface area contributed by atoms with E-state index in [9.17, 15) is 8.42 Å². The Bertz CT molecular complexity index is 1010. The van der Waals surface area contributed by atoms with Crippen molar-refractivity contribution in [3.05, 3.63) is 63.1 Å². The van der Waals surface area contributed by atoms with Gasteiger partial charge in [-0.05, 0) is 29.8 Å². The number of amidine groups is 1. The monoisotopic (exact) mass is 460 g/mol. The molecule has 0 bridgehead atoms. The Morgan fingerprint density at radius 1 is 1.07 bits per heavy atom. The highest BCUT2D eigenvalue weighted by atomic mass is 35.5. The summed E-state index contributed by atoms with van der Waals surface area (Å²) in [5.74, 6) is 0.773. The molecule has 0 N–H and O–H groups in total. The lowest BCUT2D eigenvalue weighted by Crippen LogP contribution is -2.39. The molecular weight excluding hydrogens is 447 g/mol. The molecule has 4 rings (SSSR count). The van der Waals surface area contributed by atoms with Crippen LogP contribution in [0.15, 0.2) is 47.5 Å². The van der Waals surface area contributed by atoms with E-state index in [-0.39, 0.29) is 23.6 Å². The van der Waals surface area contributed by atoms with Gasteiger partial charge in [0.1, 0.15) is 0 Å². The number of aliphatic imine (C=N–C) groups is 1. The predicted molar refractivity (Wildman–Crippen MR) is 115 cm³/mol. The van der Waals surface area contributed by atoms with Crippen LogP contribution in [0.2, 0.25) is 15.1 Å². The number of hydrogen-bond acceptors (Lipinski definition) is 5. The van der Waals surface area contributed by atoms with Crippen molar-refractivity contribution in [3.8, 4) is 0 Å². The first-order chi connectivity index (χ1) is 12.8. The lowest BCUT2D eigenvalue weighted by molar-refractivity contribution is 0.601. The molecule has 2 heterocycles. The molecule has 0 aliphatic carbocycles. The number of fused-ring (bicyclic) bond motifs is 1. The highest BCUT2D eigenvalue weighted by Crippen LogP contribution is 2.38. The molecule has 2 aromatic carbocycles. The van der Waals surface area contributed by atoms with Gasteiger partial charge in [0, 0.05) is 26.5 Å². The minimum atomic E-state index is -3.11. The zero-order valence-corrected chi connectivity index (χ0v) is 17.9. The van der Waals surface area contributed by atoms with E-state index in [0.717, 1.165) is 16.4 Å². The van der Waals surface area contributed by atoms with Crippen LogP contribution in [0.25, 0.3) is 0 Å². The Morgan fingerprint density at radius 2 is 1.78 bits per heavy atom. The quantitative estimate of drug-likeness (QED) is 0.651. The van der Waals surface area contributed by atoms with Crippen LogP contribution in [-0.4, -0.2) is 37.2 Å². The number of nitrogens with zero attached hydrogens (tertiary/aromatic N) is 2. The number of halogens is 3. The second kappa shape index (κ2) is 7.48. The first-order valence-corrected chi connectivity index (χ1v) is 12.2. The molecule has 2 aliphatic heterocycles. The smallest absolute Gasteiger partial charge is 0.164 e. The van der Waals surface area contributed by atoms with Gasteiger partial charge >= 0.3 is 0 Å². The molecule has 0 unspecified atom stereocenters. The highest BCUT2D eigenvalue weighted by Gasteiger charge is 2.47. The molecule has 4 nitrogen and oxygen atoms in total. The van der Waals surface area contributed by atoms with E-state index < -0.39 is 9.84 Å². The fourth-order valence-corrected chi connectivity index (χ4v) is 7.14. The van der Waals surface area contributed by atoms with Crippen molar-refractivity contribution in [2.45, 2.75) is 17.8 Å². The van der Waals surface area contributed by atoms with Gasteiger partial charge in [-0.2, -0.15) is 0 Å². The van der Waals surface area contributed by atoms with E-state index in [1.54, 1.807) is 18.2 Å². The molecule has 2 atom stereocenters. The minimum absolute atomic E-state index is 0.0681. The second-order valence-electron chi connectivity index (χ2n) is 6.50. The lowest BCUT2D eigenvalue weighted by atomic mass is 10.1. The molecule has 0 saturated carbocycles. The molecule has 9 heteroatoms. The molecular formula is C18H15Cl3N2O2S2. The van der Waals surface area contributed by atoms with Gasteiger partial charge in [-0.25, -0.2) is 8.42 Å². The van der Waals surface area contributed by atoms with Crippen LogP contribution in [0.3, 0.4) is 0 Å². The van der Waals surface area contributed by atoms with E-state index in [1.807, 2.05) is 29.2 Å². The second-order valence-corrected chi connectivity index (χ2v) is 10.9. The molecule has 0 radical (unpaired) electrons.